The molecule has 0 aliphatic heterocycles. The maximum atomic E-state index is 12.3. The molecule has 180 valence electrons. The molecule has 11 heteroatoms. The number of ether oxygens (including phenoxy) is 4. The summed E-state index contributed by atoms with van der Waals surface area (Å²) in [6, 6.07) is 10.9. The second kappa shape index (κ2) is 11.9. The van der Waals surface area contributed by atoms with Crippen LogP contribution in [-0.2, 0) is 11.3 Å². The Morgan fingerprint density at radius 3 is 2.44 bits per heavy atom. The summed E-state index contributed by atoms with van der Waals surface area (Å²) in [7, 11) is 6.31. The van der Waals surface area contributed by atoms with E-state index in [1.54, 1.807) is 46.6 Å². The highest BCUT2D eigenvalue weighted by Gasteiger charge is 2.16. The summed E-state index contributed by atoms with van der Waals surface area (Å²) < 4.78 is 23.1. The molecule has 0 aliphatic rings. The molecule has 1 aromatic heterocycles. The Hall–Kier alpha value is -3.73. The van der Waals surface area contributed by atoms with Gasteiger partial charge >= 0.3 is 0 Å². The average Bonchev–Trinajstić information content (AvgIpc) is 3.29. The first kappa shape index (κ1) is 24.9. The summed E-state index contributed by atoms with van der Waals surface area (Å²) in [4.78, 5) is 12.3. The van der Waals surface area contributed by atoms with E-state index in [1.165, 1.54) is 18.0 Å². The molecule has 0 saturated heterocycles. The fourth-order valence-electron chi connectivity index (χ4n) is 3.13. The minimum Gasteiger partial charge on any atom is -0.497 e. The van der Waals surface area contributed by atoms with Gasteiger partial charge in [-0.2, -0.15) is 5.10 Å². The highest BCUT2D eigenvalue weighted by molar-refractivity contribution is 7.99. The Morgan fingerprint density at radius 1 is 1.00 bits per heavy atom. The Labute approximate surface area is 202 Å². The SMILES string of the molecule is CCn1c(SCC(=O)N/N=C/c2ccc(OC)cc2OC)nnc1-c1ccc(OC)c(OC)c1. The van der Waals surface area contributed by atoms with Crippen LogP contribution in [0.4, 0.5) is 0 Å². The molecular weight excluding hydrogens is 458 g/mol. The largest absolute Gasteiger partial charge is 0.497 e. The smallest absolute Gasteiger partial charge is 0.250 e. The highest BCUT2D eigenvalue weighted by Crippen LogP contribution is 2.32. The number of hydrogen-bond acceptors (Lipinski definition) is 9. The summed E-state index contributed by atoms with van der Waals surface area (Å²) in [5.41, 5.74) is 4.06. The van der Waals surface area contributed by atoms with Gasteiger partial charge in [0.15, 0.2) is 22.5 Å². The van der Waals surface area contributed by atoms with Gasteiger partial charge in [0.25, 0.3) is 5.91 Å². The van der Waals surface area contributed by atoms with Crippen molar-refractivity contribution in [3.05, 3.63) is 42.0 Å². The second-order valence-corrected chi connectivity index (χ2v) is 7.75. The van der Waals surface area contributed by atoms with Crippen LogP contribution in [0, 0.1) is 0 Å². The second-order valence-electron chi connectivity index (χ2n) is 6.81. The minimum absolute atomic E-state index is 0.126. The lowest BCUT2D eigenvalue weighted by Gasteiger charge is -2.10. The van der Waals surface area contributed by atoms with Gasteiger partial charge < -0.3 is 23.5 Å². The fourth-order valence-corrected chi connectivity index (χ4v) is 3.93. The Balaban J connectivity index is 1.64. The van der Waals surface area contributed by atoms with Crippen LogP contribution < -0.4 is 24.4 Å². The van der Waals surface area contributed by atoms with Crippen molar-refractivity contribution in [2.45, 2.75) is 18.6 Å². The van der Waals surface area contributed by atoms with Gasteiger partial charge in [0, 0.05) is 23.7 Å². The quantitative estimate of drug-likeness (QED) is 0.250. The maximum Gasteiger partial charge on any atom is 0.250 e. The number of nitrogens with zero attached hydrogens (tertiary/aromatic N) is 4. The Bertz CT molecular complexity index is 1160. The summed E-state index contributed by atoms with van der Waals surface area (Å²) in [6.07, 6.45) is 1.52. The average molecular weight is 486 g/mol. The number of nitrogens with one attached hydrogen (secondary N) is 1. The molecule has 2 aromatic carbocycles. The van der Waals surface area contributed by atoms with E-state index in [0.29, 0.717) is 46.1 Å². The van der Waals surface area contributed by atoms with Crippen molar-refractivity contribution >= 4 is 23.9 Å². The van der Waals surface area contributed by atoms with E-state index in [-0.39, 0.29) is 11.7 Å². The van der Waals surface area contributed by atoms with Crippen LogP contribution in [0.1, 0.15) is 12.5 Å². The molecule has 1 heterocycles. The molecule has 34 heavy (non-hydrogen) atoms. The lowest BCUT2D eigenvalue weighted by Crippen LogP contribution is -2.20. The number of benzene rings is 2. The van der Waals surface area contributed by atoms with E-state index in [9.17, 15) is 4.79 Å². The normalized spacial score (nSPS) is 10.9. The van der Waals surface area contributed by atoms with Crippen LogP contribution in [-0.4, -0.2) is 61.1 Å². The van der Waals surface area contributed by atoms with Gasteiger partial charge in [-0.15, -0.1) is 10.2 Å². The first-order chi connectivity index (χ1) is 16.5. The summed E-state index contributed by atoms with van der Waals surface area (Å²) in [5, 5.41) is 13.2. The molecule has 10 nitrogen and oxygen atoms in total. The maximum absolute atomic E-state index is 12.3. The molecule has 3 aromatic rings. The van der Waals surface area contributed by atoms with Crippen LogP contribution in [0.25, 0.3) is 11.4 Å². The number of carbonyl (C=O) groups is 1. The van der Waals surface area contributed by atoms with Crippen molar-refractivity contribution in [1.82, 2.24) is 20.2 Å². The van der Waals surface area contributed by atoms with Crippen LogP contribution >= 0.6 is 11.8 Å². The van der Waals surface area contributed by atoms with Crippen molar-refractivity contribution in [3.63, 3.8) is 0 Å². The summed E-state index contributed by atoms with van der Waals surface area (Å²) in [6.45, 7) is 2.63. The van der Waals surface area contributed by atoms with Gasteiger partial charge in [0.1, 0.15) is 11.5 Å². The van der Waals surface area contributed by atoms with Crippen LogP contribution in [0.2, 0.25) is 0 Å². The zero-order chi connectivity index (χ0) is 24.5. The van der Waals surface area contributed by atoms with Crippen LogP contribution in [0.3, 0.4) is 0 Å². The van der Waals surface area contributed by atoms with Gasteiger partial charge in [-0.25, -0.2) is 5.43 Å². The van der Waals surface area contributed by atoms with E-state index in [1.807, 2.05) is 29.7 Å². The topological polar surface area (TPSA) is 109 Å². The lowest BCUT2D eigenvalue weighted by atomic mass is 10.2. The molecule has 0 unspecified atom stereocenters. The van der Waals surface area contributed by atoms with Gasteiger partial charge in [0.05, 0.1) is 40.4 Å². The molecule has 0 aliphatic carbocycles. The minimum atomic E-state index is -0.271. The number of aromatic nitrogens is 3. The third-order valence-electron chi connectivity index (χ3n) is 4.84. The zero-order valence-corrected chi connectivity index (χ0v) is 20.5. The molecule has 0 saturated carbocycles. The third kappa shape index (κ3) is 5.79. The Morgan fingerprint density at radius 2 is 1.76 bits per heavy atom. The first-order valence-electron chi connectivity index (χ1n) is 10.4. The number of amides is 1. The number of hydrogen-bond donors (Lipinski definition) is 1. The van der Waals surface area contributed by atoms with Crippen molar-refractivity contribution in [1.29, 1.82) is 0 Å². The first-order valence-corrected chi connectivity index (χ1v) is 11.3. The Kier molecular flexibility index (Phi) is 8.74. The predicted octanol–water partition coefficient (Wildman–Crippen LogP) is 3.24. The molecule has 0 spiro atoms. The molecule has 1 amide bonds. The van der Waals surface area contributed by atoms with Crippen LogP contribution in [0.5, 0.6) is 23.0 Å². The van der Waals surface area contributed by atoms with Crippen molar-refractivity contribution in [2.75, 3.05) is 34.2 Å². The number of carbonyl (C=O) groups excluding carboxylic acids is 1. The molecular formula is C23H27N5O5S. The monoisotopic (exact) mass is 485 g/mol. The highest BCUT2D eigenvalue weighted by atomic mass is 32.2. The molecule has 0 bridgehead atoms. The molecule has 0 fully saturated rings. The van der Waals surface area contributed by atoms with E-state index in [0.717, 1.165) is 5.56 Å². The summed E-state index contributed by atoms with van der Waals surface area (Å²) in [5.74, 6) is 3.02. The molecule has 0 radical (unpaired) electrons. The molecule has 1 N–H and O–H groups in total. The number of methoxy groups -OCH3 is 4. The fraction of sp³-hybridized carbons (Fsp3) is 0.304. The standard InChI is InChI=1S/C23H27N5O5S/c1-6-28-22(15-8-10-18(31-3)20(11-15)33-5)26-27-23(28)34-14-21(29)25-24-13-16-7-9-17(30-2)12-19(16)32-4/h7-13H,6,14H2,1-5H3,(H,25,29)/b24-13+. The van der Waals surface area contributed by atoms with Crippen molar-refractivity contribution < 1.29 is 23.7 Å². The number of thioether (sulfide) groups is 1. The molecule has 3 rings (SSSR count). The van der Waals surface area contributed by atoms with E-state index in [4.69, 9.17) is 18.9 Å². The van der Waals surface area contributed by atoms with Crippen molar-refractivity contribution in [3.8, 4) is 34.4 Å². The predicted molar refractivity (Wildman–Crippen MR) is 130 cm³/mol. The van der Waals surface area contributed by atoms with Gasteiger partial charge in [0.2, 0.25) is 0 Å². The van der Waals surface area contributed by atoms with Crippen LogP contribution in [0.15, 0.2) is 46.7 Å². The lowest BCUT2D eigenvalue weighted by molar-refractivity contribution is -0.118. The number of hydrazone groups is 1. The van der Waals surface area contributed by atoms with Gasteiger partial charge in [-0.1, -0.05) is 11.8 Å². The zero-order valence-electron chi connectivity index (χ0n) is 19.7. The van der Waals surface area contributed by atoms with E-state index < -0.39 is 0 Å². The summed E-state index contributed by atoms with van der Waals surface area (Å²) >= 11 is 1.28. The van der Waals surface area contributed by atoms with E-state index in [2.05, 4.69) is 20.7 Å². The molecule has 0 atom stereocenters. The van der Waals surface area contributed by atoms with Crippen molar-refractivity contribution in [2.24, 2.45) is 5.10 Å². The van der Waals surface area contributed by atoms with Gasteiger partial charge in [-0.3, -0.25) is 4.79 Å². The van der Waals surface area contributed by atoms with E-state index >= 15 is 0 Å². The van der Waals surface area contributed by atoms with Gasteiger partial charge in [-0.05, 0) is 37.3 Å². The third-order valence-corrected chi connectivity index (χ3v) is 5.81. The number of rotatable bonds is 11.